The number of carbonyl (C=O) groups excluding carboxylic acids is 2. The quantitative estimate of drug-likeness (QED) is 0.336. The van der Waals surface area contributed by atoms with Crippen LogP contribution in [0.5, 0.6) is 17.2 Å². The molecule has 0 saturated heterocycles. The van der Waals surface area contributed by atoms with E-state index in [1.807, 2.05) is 0 Å². The minimum Gasteiger partial charge on any atom is -0.507 e. The molecule has 0 bridgehead atoms. The predicted molar refractivity (Wildman–Crippen MR) is 60.8 cm³/mol. The molecule has 18 heavy (non-hydrogen) atoms. The number of hydrogen-bond acceptors (Lipinski definition) is 6. The lowest BCUT2D eigenvalue weighted by Gasteiger charge is -2.18. The van der Waals surface area contributed by atoms with Crippen molar-refractivity contribution in [1.82, 2.24) is 0 Å². The summed E-state index contributed by atoms with van der Waals surface area (Å²) in [4.78, 5) is 22.9. The van der Waals surface area contributed by atoms with E-state index < -0.39 is 45.7 Å². The molecule has 0 fully saturated rings. The number of Topliss-reactive ketones (excluding diaryl/α,β-unsaturated/α-hetero) is 1. The normalized spacial score (nSPS) is 14.4. The molecule has 1 aromatic carbocycles. The Hall–Kier alpha value is -2.50. The average Bonchev–Trinajstić information content (AvgIpc) is 2.31. The van der Waals surface area contributed by atoms with Crippen LogP contribution in [0, 0.1) is 0 Å². The molecule has 0 atom stereocenters. The highest BCUT2D eigenvalue weighted by Gasteiger charge is 2.34. The molecule has 6 nitrogen and oxygen atoms in total. The van der Waals surface area contributed by atoms with E-state index in [-0.39, 0.29) is 12.0 Å². The van der Waals surface area contributed by atoms with Gasteiger partial charge in [-0.25, -0.2) is 0 Å². The molecule has 1 aromatic rings. The maximum Gasteiger partial charge on any atom is 0.237 e. The number of aliphatic hydroxyl groups is 1. The second-order valence-electron chi connectivity index (χ2n) is 3.85. The van der Waals surface area contributed by atoms with Gasteiger partial charge in [0.2, 0.25) is 11.6 Å². The van der Waals surface area contributed by atoms with E-state index in [4.69, 9.17) is 0 Å². The lowest BCUT2D eigenvalue weighted by molar-refractivity contribution is -0.111. The first-order valence-corrected chi connectivity index (χ1v) is 5.19. The zero-order chi connectivity index (χ0) is 13.6. The number of phenolic OH excluding ortho intramolecular Hbond substituents is 3. The van der Waals surface area contributed by atoms with Crippen molar-refractivity contribution in [3.8, 4) is 17.2 Å². The summed E-state index contributed by atoms with van der Waals surface area (Å²) in [6, 6.07) is 0. The van der Waals surface area contributed by atoms with Gasteiger partial charge in [-0.1, -0.05) is 6.92 Å². The number of rotatable bonds is 1. The summed E-state index contributed by atoms with van der Waals surface area (Å²) < 4.78 is 0. The molecular weight excluding hydrogens is 240 g/mol. The molecule has 0 amide bonds. The maximum atomic E-state index is 11.7. The second-order valence-corrected chi connectivity index (χ2v) is 3.85. The molecule has 0 heterocycles. The van der Waals surface area contributed by atoms with Crippen molar-refractivity contribution in [2.24, 2.45) is 0 Å². The Labute approximate surface area is 101 Å². The number of benzene rings is 1. The number of allylic oxidation sites excluding steroid dienone is 1. The highest BCUT2D eigenvalue weighted by Crippen LogP contribution is 2.46. The first-order chi connectivity index (χ1) is 8.40. The number of fused-ring (bicyclic) bond motifs is 1. The smallest absolute Gasteiger partial charge is 0.237 e. The van der Waals surface area contributed by atoms with E-state index in [0.29, 0.717) is 6.08 Å². The van der Waals surface area contributed by atoms with Crippen LogP contribution in [0.25, 0.3) is 5.76 Å². The van der Waals surface area contributed by atoms with Gasteiger partial charge in [0.25, 0.3) is 0 Å². The third-order valence-electron chi connectivity index (χ3n) is 2.85. The summed E-state index contributed by atoms with van der Waals surface area (Å²) in [5, 5.41) is 38.8. The number of aromatic hydroxyl groups is 3. The Kier molecular flexibility index (Phi) is 2.50. The molecule has 0 aromatic heterocycles. The maximum absolute atomic E-state index is 11.7. The summed E-state index contributed by atoms with van der Waals surface area (Å²) in [5.74, 6) is -4.64. The van der Waals surface area contributed by atoms with E-state index in [9.17, 15) is 30.0 Å². The van der Waals surface area contributed by atoms with Gasteiger partial charge in [0.05, 0.1) is 11.1 Å². The summed E-state index contributed by atoms with van der Waals surface area (Å²) >= 11 is 0. The zero-order valence-electron chi connectivity index (χ0n) is 9.39. The van der Waals surface area contributed by atoms with Gasteiger partial charge in [-0.05, 0) is 6.42 Å². The molecule has 2 rings (SSSR count). The Morgan fingerprint density at radius 3 is 2.11 bits per heavy atom. The fourth-order valence-corrected chi connectivity index (χ4v) is 1.95. The SMILES string of the molecule is CCc1c(O)c(O)c2c(c1O)C(=O)C(=O)C=C2O. The average molecular weight is 250 g/mol. The Balaban J connectivity index is 2.94. The van der Waals surface area contributed by atoms with Crippen molar-refractivity contribution in [3.05, 3.63) is 22.8 Å². The third-order valence-corrected chi connectivity index (χ3v) is 2.85. The highest BCUT2D eigenvalue weighted by molar-refractivity contribution is 6.51. The molecule has 4 N–H and O–H groups in total. The van der Waals surface area contributed by atoms with Crippen LogP contribution in [0.15, 0.2) is 6.08 Å². The monoisotopic (exact) mass is 250 g/mol. The van der Waals surface area contributed by atoms with E-state index in [1.165, 1.54) is 0 Å². The topological polar surface area (TPSA) is 115 Å². The summed E-state index contributed by atoms with van der Waals surface area (Å²) in [6.07, 6.45) is 0.777. The standard InChI is InChI=1S/C12H10O6/c1-2-4-9(15)8-7(12(18)10(4)16)5(13)3-6(14)11(8)17/h3,13,15-16,18H,2H2,1H3. The van der Waals surface area contributed by atoms with Gasteiger partial charge < -0.3 is 20.4 Å². The first kappa shape index (κ1) is 12.0. The van der Waals surface area contributed by atoms with Crippen LogP contribution in [0.4, 0.5) is 0 Å². The molecule has 6 heteroatoms. The van der Waals surface area contributed by atoms with Crippen LogP contribution in [0.2, 0.25) is 0 Å². The number of hydrogen-bond donors (Lipinski definition) is 4. The number of phenols is 3. The van der Waals surface area contributed by atoms with E-state index >= 15 is 0 Å². The number of carbonyl (C=O) groups is 2. The van der Waals surface area contributed by atoms with Crippen LogP contribution in [-0.2, 0) is 11.2 Å². The predicted octanol–water partition coefficient (Wildman–Crippen LogP) is 1.03. The third kappa shape index (κ3) is 1.35. The Morgan fingerprint density at radius 1 is 0.944 bits per heavy atom. The molecule has 0 saturated carbocycles. The fraction of sp³-hybridized carbons (Fsp3) is 0.167. The second kappa shape index (κ2) is 3.76. The van der Waals surface area contributed by atoms with Crippen molar-refractivity contribution in [2.45, 2.75) is 13.3 Å². The van der Waals surface area contributed by atoms with Gasteiger partial charge >= 0.3 is 0 Å². The first-order valence-electron chi connectivity index (χ1n) is 5.19. The number of ketones is 2. The van der Waals surface area contributed by atoms with Crippen molar-refractivity contribution < 1.29 is 30.0 Å². The summed E-state index contributed by atoms with van der Waals surface area (Å²) in [7, 11) is 0. The van der Waals surface area contributed by atoms with Crippen LogP contribution in [-0.4, -0.2) is 32.0 Å². The summed E-state index contributed by atoms with van der Waals surface area (Å²) in [6.45, 7) is 1.59. The Bertz CT molecular complexity index is 612. The molecule has 0 unspecified atom stereocenters. The van der Waals surface area contributed by atoms with E-state index in [1.54, 1.807) is 6.92 Å². The molecule has 0 aliphatic heterocycles. The van der Waals surface area contributed by atoms with E-state index in [2.05, 4.69) is 0 Å². The Morgan fingerprint density at radius 2 is 1.56 bits per heavy atom. The minimum atomic E-state index is -1.04. The lowest BCUT2D eigenvalue weighted by Crippen LogP contribution is -2.19. The molecule has 1 aliphatic rings. The van der Waals surface area contributed by atoms with Crippen LogP contribution < -0.4 is 0 Å². The molecule has 94 valence electrons. The van der Waals surface area contributed by atoms with Gasteiger partial charge in [0.1, 0.15) is 11.5 Å². The zero-order valence-corrected chi connectivity index (χ0v) is 9.39. The molecule has 0 spiro atoms. The van der Waals surface area contributed by atoms with Crippen molar-refractivity contribution in [1.29, 1.82) is 0 Å². The van der Waals surface area contributed by atoms with Crippen molar-refractivity contribution in [3.63, 3.8) is 0 Å². The van der Waals surface area contributed by atoms with Gasteiger partial charge in [0, 0.05) is 11.6 Å². The van der Waals surface area contributed by atoms with Gasteiger partial charge in [-0.3, -0.25) is 9.59 Å². The molecule has 0 radical (unpaired) electrons. The molecular formula is C12H10O6. The largest absolute Gasteiger partial charge is 0.507 e. The molecule has 1 aliphatic carbocycles. The van der Waals surface area contributed by atoms with Crippen LogP contribution in [0.1, 0.15) is 28.4 Å². The fourth-order valence-electron chi connectivity index (χ4n) is 1.95. The minimum absolute atomic E-state index is 0.0536. The number of aliphatic hydroxyl groups excluding tert-OH is 1. The van der Waals surface area contributed by atoms with E-state index in [0.717, 1.165) is 0 Å². The van der Waals surface area contributed by atoms with Crippen molar-refractivity contribution in [2.75, 3.05) is 0 Å². The van der Waals surface area contributed by atoms with Gasteiger partial charge in [0.15, 0.2) is 11.5 Å². The lowest BCUT2D eigenvalue weighted by atomic mass is 9.89. The highest BCUT2D eigenvalue weighted by atomic mass is 16.3. The van der Waals surface area contributed by atoms with Gasteiger partial charge in [-0.15, -0.1) is 0 Å². The summed E-state index contributed by atoms with van der Waals surface area (Å²) in [5.41, 5.74) is -0.957. The van der Waals surface area contributed by atoms with Crippen LogP contribution in [0.3, 0.4) is 0 Å². The van der Waals surface area contributed by atoms with Crippen LogP contribution >= 0.6 is 0 Å². The van der Waals surface area contributed by atoms with Gasteiger partial charge in [-0.2, -0.15) is 0 Å². The van der Waals surface area contributed by atoms with Crippen molar-refractivity contribution >= 4 is 17.3 Å².